The van der Waals surface area contributed by atoms with E-state index in [1.54, 1.807) is 0 Å². The highest BCUT2D eigenvalue weighted by atomic mass is 19.4. The molecular weight excluding hydrogens is 429 g/mol. The molecule has 3 fully saturated rings. The van der Waals surface area contributed by atoms with E-state index in [0.29, 0.717) is 19.4 Å². The van der Waals surface area contributed by atoms with Gasteiger partial charge >= 0.3 is 6.18 Å². The Morgan fingerprint density at radius 1 is 1.19 bits per heavy atom. The number of benzene rings is 1. The zero-order valence-electron chi connectivity index (χ0n) is 17.6. The van der Waals surface area contributed by atoms with Gasteiger partial charge in [-0.15, -0.1) is 0 Å². The molecule has 2 heterocycles. The Balaban J connectivity index is 1.16. The molecule has 32 heavy (non-hydrogen) atoms. The number of nitrogens with one attached hydrogen (secondary N) is 2. The number of fused-ring (bicyclic) bond motifs is 2. The molecule has 2 aliphatic heterocycles. The van der Waals surface area contributed by atoms with Crippen molar-refractivity contribution < 1.29 is 37.0 Å². The van der Waals surface area contributed by atoms with Crippen LogP contribution in [0, 0.1) is 6.92 Å². The quantitative estimate of drug-likeness (QED) is 0.689. The second-order valence-electron chi connectivity index (χ2n) is 9.45. The minimum Gasteiger partial charge on any atom is -0.492 e. The van der Waals surface area contributed by atoms with Gasteiger partial charge in [0, 0.05) is 29.9 Å². The van der Waals surface area contributed by atoms with E-state index < -0.39 is 30.0 Å². The minimum atomic E-state index is -4.63. The van der Waals surface area contributed by atoms with E-state index in [1.165, 1.54) is 0 Å². The zero-order chi connectivity index (χ0) is 22.7. The largest absolute Gasteiger partial charge is 0.492 e. The predicted molar refractivity (Wildman–Crippen MR) is 106 cm³/mol. The number of carbonyl (C=O) groups excluding carboxylic acids is 2. The van der Waals surface area contributed by atoms with Crippen LogP contribution in [0.3, 0.4) is 0 Å². The Morgan fingerprint density at radius 3 is 2.50 bits per heavy atom. The first kappa shape index (κ1) is 21.4. The molecule has 0 unspecified atom stereocenters. The van der Waals surface area contributed by atoms with E-state index in [4.69, 9.17) is 14.2 Å². The molecule has 0 atom stereocenters. The van der Waals surface area contributed by atoms with Crippen molar-refractivity contribution >= 4 is 11.8 Å². The first-order valence-corrected chi connectivity index (χ1v) is 10.8. The molecule has 2 aliphatic carbocycles. The molecule has 2 N–H and O–H groups in total. The third kappa shape index (κ3) is 3.78. The number of hydrogen-bond donors (Lipinski definition) is 2. The SMILES string of the molecule is Cc1ccc(OC2CC(NC(=O)C3(NC(=O)CC(F)(F)F)COC3)C2)c2c1OCC21CC1. The van der Waals surface area contributed by atoms with Crippen LogP contribution in [0.4, 0.5) is 13.2 Å². The van der Waals surface area contributed by atoms with Crippen LogP contribution in [-0.2, 0) is 19.7 Å². The van der Waals surface area contributed by atoms with Gasteiger partial charge in [0.1, 0.15) is 24.0 Å². The third-order valence-corrected chi connectivity index (χ3v) is 6.79. The fraction of sp³-hybridized carbons (Fsp3) is 0.636. The van der Waals surface area contributed by atoms with Crippen molar-refractivity contribution in [1.82, 2.24) is 10.6 Å². The molecule has 1 spiro atoms. The highest BCUT2D eigenvalue weighted by Gasteiger charge is 2.54. The lowest BCUT2D eigenvalue weighted by Gasteiger charge is -2.43. The smallest absolute Gasteiger partial charge is 0.397 e. The van der Waals surface area contributed by atoms with Crippen molar-refractivity contribution in [2.75, 3.05) is 19.8 Å². The molecule has 0 bridgehead atoms. The predicted octanol–water partition coefficient (Wildman–Crippen LogP) is 2.28. The number of aryl methyl sites for hydroxylation is 1. The minimum absolute atomic E-state index is 0.0723. The summed E-state index contributed by atoms with van der Waals surface area (Å²) in [6.07, 6.45) is -3.00. The Morgan fingerprint density at radius 2 is 1.91 bits per heavy atom. The molecule has 1 saturated heterocycles. The number of hydrogen-bond acceptors (Lipinski definition) is 5. The summed E-state index contributed by atoms with van der Waals surface area (Å²) in [5, 5.41) is 5.01. The average molecular weight is 454 g/mol. The monoisotopic (exact) mass is 454 g/mol. The summed E-state index contributed by atoms with van der Waals surface area (Å²) in [5.74, 6) is -0.0103. The second kappa shape index (κ2) is 7.26. The lowest BCUT2D eigenvalue weighted by molar-refractivity contribution is -0.166. The van der Waals surface area contributed by atoms with Crippen LogP contribution in [0.5, 0.6) is 11.5 Å². The summed E-state index contributed by atoms with van der Waals surface area (Å²) in [4.78, 5) is 24.3. The van der Waals surface area contributed by atoms with Crippen LogP contribution < -0.4 is 20.1 Å². The first-order chi connectivity index (χ1) is 15.1. The summed E-state index contributed by atoms with van der Waals surface area (Å²) >= 11 is 0. The Bertz CT molecular complexity index is 950. The van der Waals surface area contributed by atoms with Crippen molar-refractivity contribution in [3.05, 3.63) is 23.3 Å². The molecular formula is C22H25F3N2O5. The van der Waals surface area contributed by atoms with Crippen LogP contribution in [-0.4, -0.2) is 55.5 Å². The molecule has 174 valence electrons. The van der Waals surface area contributed by atoms with Crippen molar-refractivity contribution in [3.8, 4) is 11.5 Å². The number of carbonyl (C=O) groups is 2. The molecule has 1 aromatic carbocycles. The van der Waals surface area contributed by atoms with Gasteiger partial charge in [-0.3, -0.25) is 9.59 Å². The molecule has 10 heteroatoms. The number of rotatable bonds is 6. The highest BCUT2D eigenvalue weighted by Crippen LogP contribution is 2.59. The van der Waals surface area contributed by atoms with Crippen molar-refractivity contribution in [2.45, 2.75) is 68.3 Å². The molecule has 2 amide bonds. The van der Waals surface area contributed by atoms with Gasteiger partial charge in [-0.1, -0.05) is 6.07 Å². The second-order valence-corrected chi connectivity index (χ2v) is 9.45. The average Bonchev–Trinajstić information content (AvgIpc) is 3.30. The molecule has 1 aromatic rings. The lowest BCUT2D eigenvalue weighted by Crippen LogP contribution is -2.71. The van der Waals surface area contributed by atoms with Crippen LogP contribution in [0.25, 0.3) is 0 Å². The van der Waals surface area contributed by atoms with E-state index in [2.05, 4.69) is 10.6 Å². The van der Waals surface area contributed by atoms with Gasteiger partial charge < -0.3 is 24.8 Å². The normalized spacial score (nSPS) is 26.2. The maximum absolute atomic E-state index is 12.7. The fourth-order valence-electron chi connectivity index (χ4n) is 4.63. The van der Waals surface area contributed by atoms with Gasteiger partial charge in [0.15, 0.2) is 5.54 Å². The Labute approximate surface area is 183 Å². The molecule has 0 aromatic heterocycles. The van der Waals surface area contributed by atoms with E-state index in [9.17, 15) is 22.8 Å². The standard InChI is InChI=1S/C22H25F3N2O5/c1-12-2-3-15(17-18(12)31-9-20(17)4-5-20)32-14-6-13(7-14)26-19(29)21(10-30-11-21)27-16(28)8-22(23,24)25/h2-3,13-14H,4-11H2,1H3,(H,26,29)(H,27,28). The number of halogens is 3. The molecule has 0 radical (unpaired) electrons. The lowest BCUT2D eigenvalue weighted by atomic mass is 9.87. The summed E-state index contributed by atoms with van der Waals surface area (Å²) in [6, 6.07) is 3.79. The Kier molecular flexibility index (Phi) is 4.85. The highest BCUT2D eigenvalue weighted by molar-refractivity contribution is 5.93. The van der Waals surface area contributed by atoms with Crippen LogP contribution in [0.15, 0.2) is 12.1 Å². The van der Waals surface area contributed by atoms with E-state index in [1.807, 2.05) is 19.1 Å². The molecule has 4 aliphatic rings. The van der Waals surface area contributed by atoms with Crippen molar-refractivity contribution in [2.24, 2.45) is 0 Å². The number of ether oxygens (including phenoxy) is 3. The van der Waals surface area contributed by atoms with Gasteiger partial charge in [-0.05, 0) is 31.4 Å². The summed E-state index contributed by atoms with van der Waals surface area (Å²) in [6.45, 7) is 2.42. The van der Waals surface area contributed by atoms with Crippen LogP contribution in [0.2, 0.25) is 0 Å². The topological polar surface area (TPSA) is 85.9 Å². The summed E-state index contributed by atoms with van der Waals surface area (Å²) < 4.78 is 54.5. The molecule has 2 saturated carbocycles. The first-order valence-electron chi connectivity index (χ1n) is 10.8. The van der Waals surface area contributed by atoms with Gasteiger partial charge in [-0.25, -0.2) is 0 Å². The van der Waals surface area contributed by atoms with E-state index in [0.717, 1.165) is 35.5 Å². The van der Waals surface area contributed by atoms with Crippen LogP contribution >= 0.6 is 0 Å². The van der Waals surface area contributed by atoms with Gasteiger partial charge in [0.05, 0.1) is 19.8 Å². The van der Waals surface area contributed by atoms with E-state index >= 15 is 0 Å². The maximum atomic E-state index is 12.7. The van der Waals surface area contributed by atoms with Crippen molar-refractivity contribution in [1.29, 1.82) is 0 Å². The number of amides is 2. The zero-order valence-corrected chi connectivity index (χ0v) is 17.6. The van der Waals surface area contributed by atoms with Crippen LogP contribution in [0.1, 0.15) is 43.2 Å². The van der Waals surface area contributed by atoms with Gasteiger partial charge in [0.25, 0.3) is 5.91 Å². The van der Waals surface area contributed by atoms with Gasteiger partial charge in [0.2, 0.25) is 5.91 Å². The Hall–Kier alpha value is -2.49. The van der Waals surface area contributed by atoms with E-state index in [-0.39, 0.29) is 30.8 Å². The maximum Gasteiger partial charge on any atom is 0.397 e. The van der Waals surface area contributed by atoms with Gasteiger partial charge in [-0.2, -0.15) is 13.2 Å². The summed E-state index contributed by atoms with van der Waals surface area (Å²) in [7, 11) is 0. The molecule has 7 nitrogen and oxygen atoms in total. The third-order valence-electron chi connectivity index (χ3n) is 6.79. The number of alkyl halides is 3. The summed E-state index contributed by atoms with van der Waals surface area (Å²) in [5.41, 5.74) is 0.888. The fourth-order valence-corrected chi connectivity index (χ4v) is 4.63. The van der Waals surface area contributed by atoms with Crippen molar-refractivity contribution in [3.63, 3.8) is 0 Å². The molecule has 5 rings (SSSR count).